The molecule has 0 saturated heterocycles. The number of nitrogens with zero attached hydrogens (tertiary/aromatic N) is 2. The average molecular weight is 447 g/mol. The van der Waals surface area contributed by atoms with Gasteiger partial charge in [0.1, 0.15) is 5.75 Å². The van der Waals surface area contributed by atoms with E-state index in [4.69, 9.17) is 32.9 Å². The van der Waals surface area contributed by atoms with E-state index in [2.05, 4.69) is 10.3 Å². The highest BCUT2D eigenvalue weighted by atomic mass is 35.5. The fraction of sp³-hybridized carbons (Fsp3) is 0.0909. The first-order chi connectivity index (χ1) is 13.6. The van der Waals surface area contributed by atoms with Crippen molar-refractivity contribution < 1.29 is 4.74 Å². The molecule has 0 aliphatic carbocycles. The summed E-state index contributed by atoms with van der Waals surface area (Å²) in [5, 5.41) is 5.71. The molecule has 0 amide bonds. The second-order valence-electron chi connectivity index (χ2n) is 6.27. The average Bonchev–Trinajstić information content (AvgIpc) is 2.72. The Balaban J connectivity index is 0.00000240. The summed E-state index contributed by atoms with van der Waals surface area (Å²) in [4.78, 5) is 8.86. The van der Waals surface area contributed by atoms with Crippen LogP contribution < -0.4 is 10.1 Å². The van der Waals surface area contributed by atoms with Crippen molar-refractivity contribution >= 4 is 52.2 Å². The Morgan fingerprint density at radius 1 is 0.966 bits per heavy atom. The molecule has 0 unspecified atom stereocenters. The summed E-state index contributed by atoms with van der Waals surface area (Å²) in [6.45, 7) is 0.602. The molecule has 0 bridgehead atoms. The van der Waals surface area contributed by atoms with Gasteiger partial charge in [-0.15, -0.1) is 12.4 Å². The van der Waals surface area contributed by atoms with E-state index in [0.29, 0.717) is 22.3 Å². The summed E-state index contributed by atoms with van der Waals surface area (Å²) in [7, 11) is 1.60. The highest BCUT2D eigenvalue weighted by molar-refractivity contribution is 6.32. The van der Waals surface area contributed by atoms with Gasteiger partial charge in [0.25, 0.3) is 0 Å². The molecule has 0 aliphatic rings. The Labute approximate surface area is 185 Å². The lowest BCUT2D eigenvalue weighted by molar-refractivity contribution is 0.415. The maximum atomic E-state index is 6.25. The van der Waals surface area contributed by atoms with Gasteiger partial charge in [-0.25, -0.2) is 4.98 Å². The summed E-state index contributed by atoms with van der Waals surface area (Å²) in [5.41, 5.74) is 4.73. The van der Waals surface area contributed by atoms with Crippen LogP contribution in [0.1, 0.15) is 5.56 Å². The third-order valence-electron chi connectivity index (χ3n) is 4.45. The van der Waals surface area contributed by atoms with Crippen LogP contribution in [-0.2, 0) is 6.54 Å². The van der Waals surface area contributed by atoms with Crippen molar-refractivity contribution in [2.75, 3.05) is 12.4 Å². The molecule has 0 spiro atoms. The minimum atomic E-state index is 0. The summed E-state index contributed by atoms with van der Waals surface area (Å²) in [5.74, 6) is 0.659. The largest absolute Gasteiger partial charge is 0.495 e. The number of hydrogen-bond donors (Lipinski definition) is 1. The number of pyridine rings is 2. The standard InChI is InChI=1S/C22H17Cl2N3O.ClH/c1-28-22-5-2-14(10-18(22)24)13-26-21-12-20(15-6-8-25-9-7-15)27-19-4-3-16(23)11-17(19)21;/h2-12H,13H2,1H3,(H,26,27);1H. The number of anilines is 1. The van der Waals surface area contributed by atoms with Crippen molar-refractivity contribution in [1.29, 1.82) is 0 Å². The number of fused-ring (bicyclic) bond motifs is 1. The predicted octanol–water partition coefficient (Wildman–Crippen LogP) is 6.65. The fourth-order valence-corrected chi connectivity index (χ4v) is 3.48. The minimum absolute atomic E-state index is 0. The number of hydrogen-bond acceptors (Lipinski definition) is 4. The van der Waals surface area contributed by atoms with E-state index in [1.165, 1.54) is 0 Å². The Hall–Kier alpha value is -2.53. The number of rotatable bonds is 5. The third-order valence-corrected chi connectivity index (χ3v) is 4.98. The molecule has 148 valence electrons. The van der Waals surface area contributed by atoms with Gasteiger partial charge in [0.2, 0.25) is 0 Å². The number of nitrogens with one attached hydrogen (secondary N) is 1. The van der Waals surface area contributed by atoms with Gasteiger partial charge >= 0.3 is 0 Å². The van der Waals surface area contributed by atoms with Crippen LogP contribution in [0.15, 0.2) is 67.0 Å². The lowest BCUT2D eigenvalue weighted by Gasteiger charge is -2.13. The number of halogens is 3. The molecule has 1 N–H and O–H groups in total. The quantitative estimate of drug-likeness (QED) is 0.373. The van der Waals surface area contributed by atoms with Gasteiger partial charge in [-0.1, -0.05) is 29.3 Å². The van der Waals surface area contributed by atoms with Gasteiger partial charge in [0.15, 0.2) is 0 Å². The Morgan fingerprint density at radius 2 is 1.76 bits per heavy atom. The zero-order chi connectivity index (χ0) is 19.5. The Kier molecular flexibility index (Phi) is 6.80. The lowest BCUT2D eigenvalue weighted by atomic mass is 10.1. The molecule has 2 aromatic carbocycles. The third kappa shape index (κ3) is 4.73. The minimum Gasteiger partial charge on any atom is -0.495 e. The maximum Gasteiger partial charge on any atom is 0.137 e. The smallest absolute Gasteiger partial charge is 0.137 e. The normalized spacial score (nSPS) is 10.4. The van der Waals surface area contributed by atoms with Crippen LogP contribution >= 0.6 is 35.6 Å². The molecule has 4 aromatic rings. The molecule has 0 aliphatic heterocycles. The molecule has 0 fully saturated rings. The molecule has 0 atom stereocenters. The first-order valence-electron chi connectivity index (χ1n) is 8.71. The van der Waals surface area contributed by atoms with Crippen LogP contribution in [0.25, 0.3) is 22.2 Å². The van der Waals surface area contributed by atoms with E-state index in [9.17, 15) is 0 Å². The van der Waals surface area contributed by atoms with E-state index >= 15 is 0 Å². The van der Waals surface area contributed by atoms with Crippen molar-refractivity contribution in [3.05, 3.63) is 82.6 Å². The summed E-state index contributed by atoms with van der Waals surface area (Å²) < 4.78 is 5.22. The highest BCUT2D eigenvalue weighted by Gasteiger charge is 2.09. The maximum absolute atomic E-state index is 6.25. The van der Waals surface area contributed by atoms with Crippen molar-refractivity contribution in [3.8, 4) is 17.0 Å². The first kappa shape index (κ1) is 21.2. The molecule has 4 rings (SSSR count). The van der Waals surface area contributed by atoms with Crippen LogP contribution in [0.4, 0.5) is 5.69 Å². The number of aromatic nitrogens is 2. The molecule has 4 nitrogen and oxygen atoms in total. The monoisotopic (exact) mass is 445 g/mol. The van der Waals surface area contributed by atoms with Crippen molar-refractivity contribution in [2.45, 2.75) is 6.54 Å². The van der Waals surface area contributed by atoms with Crippen LogP contribution in [0.3, 0.4) is 0 Å². The molecule has 7 heteroatoms. The van der Waals surface area contributed by atoms with Gasteiger partial charge in [-0.2, -0.15) is 0 Å². The lowest BCUT2D eigenvalue weighted by Crippen LogP contribution is -2.02. The first-order valence-corrected chi connectivity index (χ1v) is 9.46. The molecule has 2 aromatic heterocycles. The van der Waals surface area contributed by atoms with Gasteiger partial charge in [-0.05, 0) is 54.1 Å². The van der Waals surface area contributed by atoms with Crippen LogP contribution in [0, 0.1) is 0 Å². The topological polar surface area (TPSA) is 47.0 Å². The molecule has 29 heavy (non-hydrogen) atoms. The Morgan fingerprint density at radius 3 is 2.48 bits per heavy atom. The molecular formula is C22H18Cl3N3O. The number of benzene rings is 2. The van der Waals surface area contributed by atoms with E-state index in [-0.39, 0.29) is 12.4 Å². The van der Waals surface area contributed by atoms with Gasteiger partial charge in [0, 0.05) is 40.6 Å². The van der Waals surface area contributed by atoms with Crippen LogP contribution in [-0.4, -0.2) is 17.1 Å². The zero-order valence-electron chi connectivity index (χ0n) is 15.5. The SMILES string of the molecule is COc1ccc(CNc2cc(-c3ccncc3)nc3ccc(Cl)cc23)cc1Cl.Cl. The summed E-state index contributed by atoms with van der Waals surface area (Å²) in [6.07, 6.45) is 3.52. The fourth-order valence-electron chi connectivity index (χ4n) is 3.03. The van der Waals surface area contributed by atoms with Gasteiger partial charge in [0.05, 0.1) is 23.3 Å². The van der Waals surface area contributed by atoms with Crippen LogP contribution in [0.2, 0.25) is 10.0 Å². The predicted molar refractivity (Wildman–Crippen MR) is 123 cm³/mol. The van der Waals surface area contributed by atoms with E-state index in [1.54, 1.807) is 19.5 Å². The summed E-state index contributed by atoms with van der Waals surface area (Å²) in [6, 6.07) is 17.4. The number of methoxy groups -OCH3 is 1. The Bertz CT molecular complexity index is 1140. The second-order valence-corrected chi connectivity index (χ2v) is 7.12. The van der Waals surface area contributed by atoms with Crippen LogP contribution in [0.5, 0.6) is 5.75 Å². The molecule has 0 radical (unpaired) electrons. The number of ether oxygens (including phenoxy) is 1. The van der Waals surface area contributed by atoms with Crippen molar-refractivity contribution in [2.24, 2.45) is 0 Å². The second kappa shape index (κ2) is 9.31. The summed E-state index contributed by atoms with van der Waals surface area (Å²) >= 11 is 12.5. The molecule has 0 saturated carbocycles. The molecule has 2 heterocycles. The van der Waals surface area contributed by atoms with Crippen molar-refractivity contribution in [3.63, 3.8) is 0 Å². The van der Waals surface area contributed by atoms with Gasteiger partial charge < -0.3 is 10.1 Å². The zero-order valence-corrected chi connectivity index (χ0v) is 17.9. The molecular weight excluding hydrogens is 429 g/mol. The van der Waals surface area contributed by atoms with Gasteiger partial charge in [-0.3, -0.25) is 4.98 Å². The van der Waals surface area contributed by atoms with E-state index < -0.39 is 0 Å². The van der Waals surface area contributed by atoms with E-state index in [0.717, 1.165) is 33.4 Å². The van der Waals surface area contributed by atoms with Crippen molar-refractivity contribution in [1.82, 2.24) is 9.97 Å². The highest BCUT2D eigenvalue weighted by Crippen LogP contribution is 2.31. The van der Waals surface area contributed by atoms with E-state index in [1.807, 2.05) is 54.6 Å².